The van der Waals surface area contributed by atoms with Crippen molar-refractivity contribution in [3.05, 3.63) is 28.8 Å². The second-order valence-electron chi connectivity index (χ2n) is 4.90. The first-order valence-corrected chi connectivity index (χ1v) is 8.86. The van der Waals surface area contributed by atoms with E-state index in [0.717, 1.165) is 34.9 Å². The number of fused-ring (bicyclic) bond motifs is 1. The molecule has 1 heterocycles. The van der Waals surface area contributed by atoms with Crippen LogP contribution in [-0.4, -0.2) is 14.5 Å². The highest BCUT2D eigenvalue weighted by Gasteiger charge is 2.27. The lowest BCUT2D eigenvalue weighted by Crippen LogP contribution is -2.39. The fourth-order valence-corrected chi connectivity index (χ4v) is 5.47. The molecule has 3 nitrogen and oxygen atoms in total. The summed E-state index contributed by atoms with van der Waals surface area (Å²) in [6.07, 6.45) is 2.98. The lowest BCUT2D eigenvalue weighted by atomic mass is 9.94. The number of hydrogen-bond donors (Lipinski definition) is 1. The Bertz CT molecular complexity index is 732. The van der Waals surface area contributed by atoms with Crippen LogP contribution in [0.1, 0.15) is 24.8 Å². The summed E-state index contributed by atoms with van der Waals surface area (Å²) >= 11 is 7.28. The van der Waals surface area contributed by atoms with Crippen molar-refractivity contribution in [1.29, 1.82) is 0 Å². The summed E-state index contributed by atoms with van der Waals surface area (Å²) in [4.78, 5) is 0. The van der Waals surface area contributed by atoms with Gasteiger partial charge in [-0.15, -0.1) is 11.3 Å². The minimum atomic E-state index is -3.40. The Morgan fingerprint density at radius 1 is 1.37 bits per heavy atom. The molecule has 0 aliphatic heterocycles. The molecule has 1 aliphatic rings. The Morgan fingerprint density at radius 3 is 2.74 bits per heavy atom. The molecule has 1 N–H and O–H groups in total. The zero-order chi connectivity index (χ0) is 13.6. The summed E-state index contributed by atoms with van der Waals surface area (Å²) in [5.74, 6) is 0. The van der Waals surface area contributed by atoms with Gasteiger partial charge in [0.2, 0.25) is 0 Å². The Labute approximate surface area is 121 Å². The van der Waals surface area contributed by atoms with Crippen molar-refractivity contribution in [2.75, 3.05) is 0 Å². The van der Waals surface area contributed by atoms with Crippen LogP contribution in [0, 0.1) is 6.92 Å². The molecule has 19 heavy (non-hydrogen) atoms. The van der Waals surface area contributed by atoms with E-state index in [2.05, 4.69) is 4.72 Å². The maximum absolute atomic E-state index is 12.4. The highest BCUT2D eigenvalue weighted by atomic mass is 35.5. The van der Waals surface area contributed by atoms with Crippen molar-refractivity contribution < 1.29 is 8.42 Å². The molecule has 2 aromatic rings. The monoisotopic (exact) mass is 315 g/mol. The topological polar surface area (TPSA) is 46.2 Å². The zero-order valence-corrected chi connectivity index (χ0v) is 12.8. The summed E-state index contributed by atoms with van der Waals surface area (Å²) in [6.45, 7) is 1.84. The van der Waals surface area contributed by atoms with Crippen LogP contribution in [0.15, 0.2) is 22.4 Å². The first-order valence-electron chi connectivity index (χ1n) is 6.18. The van der Waals surface area contributed by atoms with Crippen molar-refractivity contribution in [2.45, 2.75) is 36.4 Å². The summed E-state index contributed by atoms with van der Waals surface area (Å²) in [5.41, 5.74) is 0.786. The standard InChI is InChI=1S/C13H14ClNO2S2/c1-8-11-7-9(14)5-6-12(11)18-13(8)19(16,17)15-10-3-2-4-10/h5-7,10,15H,2-4H2,1H3. The number of thiophene rings is 1. The molecular formula is C13H14ClNO2S2. The molecular weight excluding hydrogens is 302 g/mol. The number of nitrogens with one attached hydrogen (secondary N) is 1. The van der Waals surface area contributed by atoms with Crippen LogP contribution in [-0.2, 0) is 10.0 Å². The number of sulfonamides is 1. The van der Waals surface area contributed by atoms with Gasteiger partial charge in [0.15, 0.2) is 0 Å². The van der Waals surface area contributed by atoms with E-state index in [1.807, 2.05) is 19.1 Å². The van der Waals surface area contributed by atoms with Crippen LogP contribution in [0.2, 0.25) is 5.02 Å². The fourth-order valence-electron chi connectivity index (χ4n) is 2.23. The first kappa shape index (κ1) is 13.4. The van der Waals surface area contributed by atoms with E-state index in [9.17, 15) is 8.42 Å². The Hall–Kier alpha value is -0.620. The highest BCUT2D eigenvalue weighted by molar-refractivity contribution is 7.91. The predicted octanol–water partition coefficient (Wildman–Crippen LogP) is 3.69. The van der Waals surface area contributed by atoms with E-state index in [-0.39, 0.29) is 6.04 Å². The van der Waals surface area contributed by atoms with Gasteiger partial charge in [0.1, 0.15) is 4.21 Å². The summed E-state index contributed by atoms with van der Waals surface area (Å²) in [7, 11) is -3.40. The number of benzene rings is 1. The molecule has 0 radical (unpaired) electrons. The summed E-state index contributed by atoms with van der Waals surface area (Å²) in [6, 6.07) is 5.59. The molecule has 0 spiro atoms. The minimum Gasteiger partial charge on any atom is -0.207 e. The van der Waals surface area contributed by atoms with E-state index in [1.54, 1.807) is 6.07 Å². The van der Waals surface area contributed by atoms with Crippen molar-refractivity contribution in [3.8, 4) is 0 Å². The van der Waals surface area contributed by atoms with Crippen molar-refractivity contribution in [1.82, 2.24) is 4.72 Å². The van der Waals surface area contributed by atoms with Gasteiger partial charge in [-0.3, -0.25) is 0 Å². The van der Waals surface area contributed by atoms with Gasteiger partial charge >= 0.3 is 0 Å². The van der Waals surface area contributed by atoms with Gasteiger partial charge in [0.25, 0.3) is 10.0 Å². The van der Waals surface area contributed by atoms with Crippen molar-refractivity contribution in [2.24, 2.45) is 0 Å². The average molecular weight is 316 g/mol. The smallest absolute Gasteiger partial charge is 0.207 e. The number of halogens is 1. The van der Waals surface area contributed by atoms with Crippen LogP contribution < -0.4 is 4.72 Å². The number of aryl methyl sites for hydroxylation is 1. The zero-order valence-electron chi connectivity index (χ0n) is 10.4. The van der Waals surface area contributed by atoms with Crippen molar-refractivity contribution >= 4 is 43.0 Å². The Balaban J connectivity index is 2.06. The van der Waals surface area contributed by atoms with Gasteiger partial charge in [-0.2, -0.15) is 0 Å². The SMILES string of the molecule is Cc1c(S(=O)(=O)NC2CCC2)sc2ccc(Cl)cc12. The lowest BCUT2D eigenvalue weighted by Gasteiger charge is -2.25. The molecule has 1 saturated carbocycles. The molecule has 6 heteroatoms. The molecule has 0 unspecified atom stereocenters. The van der Waals surface area contributed by atoms with Gasteiger partial charge < -0.3 is 0 Å². The maximum Gasteiger partial charge on any atom is 0.250 e. The third-order valence-corrected chi connectivity index (χ3v) is 7.17. The van der Waals surface area contributed by atoms with E-state index >= 15 is 0 Å². The molecule has 0 atom stereocenters. The average Bonchev–Trinajstić information content (AvgIpc) is 2.63. The fraction of sp³-hybridized carbons (Fsp3) is 0.385. The first-order chi connectivity index (χ1) is 8.97. The largest absolute Gasteiger partial charge is 0.250 e. The normalized spacial score (nSPS) is 16.7. The van der Waals surface area contributed by atoms with Gasteiger partial charge in [-0.1, -0.05) is 18.0 Å². The van der Waals surface area contributed by atoms with Crippen LogP contribution >= 0.6 is 22.9 Å². The van der Waals surface area contributed by atoms with E-state index in [0.29, 0.717) is 9.23 Å². The molecule has 1 aromatic carbocycles. The van der Waals surface area contributed by atoms with E-state index in [1.165, 1.54) is 11.3 Å². The number of hydrogen-bond acceptors (Lipinski definition) is 3. The van der Waals surface area contributed by atoms with Gasteiger partial charge in [0, 0.05) is 15.8 Å². The molecule has 102 valence electrons. The predicted molar refractivity (Wildman–Crippen MR) is 79.5 cm³/mol. The van der Waals surface area contributed by atoms with E-state index < -0.39 is 10.0 Å². The molecule has 1 aliphatic carbocycles. The number of rotatable bonds is 3. The van der Waals surface area contributed by atoms with Gasteiger partial charge in [-0.05, 0) is 48.9 Å². The lowest BCUT2D eigenvalue weighted by molar-refractivity contribution is 0.384. The Morgan fingerprint density at radius 2 is 2.11 bits per heavy atom. The van der Waals surface area contributed by atoms with E-state index in [4.69, 9.17) is 11.6 Å². The third kappa shape index (κ3) is 2.40. The van der Waals surface area contributed by atoms with Crippen LogP contribution in [0.25, 0.3) is 10.1 Å². The molecule has 0 bridgehead atoms. The van der Waals surface area contributed by atoms with Gasteiger partial charge in [-0.25, -0.2) is 13.1 Å². The quantitative estimate of drug-likeness (QED) is 0.939. The molecule has 0 amide bonds. The Kier molecular flexibility index (Phi) is 3.33. The molecule has 1 aromatic heterocycles. The van der Waals surface area contributed by atoms with Crippen molar-refractivity contribution in [3.63, 3.8) is 0 Å². The molecule has 3 rings (SSSR count). The maximum atomic E-state index is 12.4. The van der Waals surface area contributed by atoms with Crippen LogP contribution in [0.5, 0.6) is 0 Å². The highest BCUT2D eigenvalue weighted by Crippen LogP contribution is 2.36. The minimum absolute atomic E-state index is 0.109. The van der Waals surface area contributed by atoms with Crippen LogP contribution in [0.4, 0.5) is 0 Å². The van der Waals surface area contributed by atoms with Crippen LogP contribution in [0.3, 0.4) is 0 Å². The molecule has 0 saturated heterocycles. The second kappa shape index (κ2) is 4.74. The summed E-state index contributed by atoms with van der Waals surface area (Å²) in [5, 5.41) is 1.55. The van der Waals surface area contributed by atoms with Gasteiger partial charge in [0.05, 0.1) is 0 Å². The third-order valence-electron chi connectivity index (χ3n) is 3.53. The molecule has 1 fully saturated rings. The summed E-state index contributed by atoms with van der Waals surface area (Å²) < 4.78 is 28.9. The second-order valence-corrected chi connectivity index (χ2v) is 8.30.